The van der Waals surface area contributed by atoms with Crippen LogP contribution < -0.4 is 0 Å². The van der Waals surface area contributed by atoms with Gasteiger partial charge >= 0.3 is 0 Å². The van der Waals surface area contributed by atoms with Gasteiger partial charge in [-0.05, 0) is 51.2 Å². The predicted octanol–water partition coefficient (Wildman–Crippen LogP) is 4.32. The molecule has 4 rings (SSSR count). The van der Waals surface area contributed by atoms with Crippen LogP contribution in [0.5, 0.6) is 0 Å². The Morgan fingerprint density at radius 1 is 1.28 bits per heavy atom. The van der Waals surface area contributed by atoms with Crippen molar-refractivity contribution in [3.8, 4) is 6.07 Å². The van der Waals surface area contributed by atoms with Gasteiger partial charge in [0.1, 0.15) is 5.76 Å². The Bertz CT molecular complexity index is 874. The fraction of sp³-hybridized carbons (Fsp3) is 0.450. The molecule has 1 aliphatic heterocycles. The molecule has 0 N–H and O–H groups in total. The van der Waals surface area contributed by atoms with Gasteiger partial charge in [-0.15, -0.1) is 0 Å². The van der Waals surface area contributed by atoms with Crippen molar-refractivity contribution in [3.63, 3.8) is 0 Å². The van der Waals surface area contributed by atoms with Crippen molar-refractivity contribution in [2.75, 3.05) is 0 Å². The van der Waals surface area contributed by atoms with E-state index in [1.54, 1.807) is 0 Å². The molecule has 0 saturated carbocycles. The first-order valence-electron chi connectivity index (χ1n) is 8.93. The SMILES string of the molecule is Cc1noc(C)c1C1CC(C#N)=CC=C1C1CCCCc2cncn21. The Morgan fingerprint density at radius 2 is 2.16 bits per heavy atom. The second-order valence-electron chi connectivity index (χ2n) is 7.02. The number of hydrogen-bond donors (Lipinski definition) is 0. The lowest BCUT2D eigenvalue weighted by Gasteiger charge is -2.30. The highest BCUT2D eigenvalue weighted by atomic mass is 16.5. The molecule has 2 aromatic rings. The molecule has 0 radical (unpaired) electrons. The fourth-order valence-corrected chi connectivity index (χ4v) is 4.32. The first-order valence-corrected chi connectivity index (χ1v) is 8.93. The quantitative estimate of drug-likeness (QED) is 0.820. The van der Waals surface area contributed by atoms with Crippen molar-refractivity contribution < 1.29 is 4.52 Å². The highest BCUT2D eigenvalue weighted by molar-refractivity contribution is 5.45. The molecule has 0 saturated heterocycles. The van der Waals surface area contributed by atoms with Crippen LogP contribution in [0.2, 0.25) is 0 Å². The summed E-state index contributed by atoms with van der Waals surface area (Å²) in [6.07, 6.45) is 13.4. The first kappa shape index (κ1) is 15.9. The van der Waals surface area contributed by atoms with Crippen LogP contribution in [-0.2, 0) is 6.42 Å². The Hall–Kier alpha value is -2.61. The highest BCUT2D eigenvalue weighted by Gasteiger charge is 2.33. The topological polar surface area (TPSA) is 67.6 Å². The third kappa shape index (κ3) is 2.72. The number of aromatic nitrogens is 3. The molecule has 2 unspecified atom stereocenters. The van der Waals surface area contributed by atoms with E-state index in [2.05, 4.69) is 26.9 Å². The molecule has 0 bridgehead atoms. The van der Waals surface area contributed by atoms with Crippen LogP contribution in [0, 0.1) is 25.2 Å². The van der Waals surface area contributed by atoms with Crippen molar-refractivity contribution in [2.45, 2.75) is 57.9 Å². The van der Waals surface area contributed by atoms with Gasteiger partial charge in [0.2, 0.25) is 0 Å². The summed E-state index contributed by atoms with van der Waals surface area (Å²) in [5.74, 6) is 0.997. The molecule has 3 heterocycles. The van der Waals surface area contributed by atoms with E-state index in [1.165, 1.54) is 24.1 Å². The van der Waals surface area contributed by atoms with E-state index in [9.17, 15) is 5.26 Å². The van der Waals surface area contributed by atoms with Gasteiger partial charge in [-0.1, -0.05) is 17.7 Å². The lowest BCUT2D eigenvalue weighted by atomic mass is 9.77. The molecule has 0 amide bonds. The second-order valence-corrected chi connectivity index (χ2v) is 7.02. The van der Waals surface area contributed by atoms with Crippen molar-refractivity contribution >= 4 is 0 Å². The summed E-state index contributed by atoms with van der Waals surface area (Å²) in [6.45, 7) is 3.95. The van der Waals surface area contributed by atoms with Gasteiger partial charge in [0.25, 0.3) is 0 Å². The van der Waals surface area contributed by atoms with E-state index < -0.39 is 0 Å². The number of rotatable bonds is 2. The number of allylic oxidation sites excluding steroid dienone is 4. The van der Waals surface area contributed by atoms with Crippen LogP contribution in [0.25, 0.3) is 0 Å². The minimum absolute atomic E-state index is 0.143. The molecule has 128 valence electrons. The third-order valence-electron chi connectivity index (χ3n) is 5.51. The highest BCUT2D eigenvalue weighted by Crippen LogP contribution is 2.44. The molecule has 5 heteroatoms. The summed E-state index contributed by atoms with van der Waals surface area (Å²) in [6, 6.07) is 2.62. The molecule has 2 atom stereocenters. The summed E-state index contributed by atoms with van der Waals surface area (Å²) in [4.78, 5) is 4.38. The van der Waals surface area contributed by atoms with E-state index >= 15 is 0 Å². The summed E-state index contributed by atoms with van der Waals surface area (Å²) in [7, 11) is 0. The van der Waals surface area contributed by atoms with E-state index in [1.807, 2.05) is 32.4 Å². The molecule has 0 aromatic carbocycles. The van der Waals surface area contributed by atoms with Crippen molar-refractivity contribution in [1.29, 1.82) is 5.26 Å². The minimum Gasteiger partial charge on any atom is -0.361 e. The maximum atomic E-state index is 9.41. The lowest BCUT2D eigenvalue weighted by molar-refractivity contribution is 0.391. The smallest absolute Gasteiger partial charge is 0.137 e. The number of nitriles is 1. The Kier molecular flexibility index (Phi) is 4.04. The molecule has 2 aromatic heterocycles. The number of nitrogens with zero attached hydrogens (tertiary/aromatic N) is 4. The molecule has 0 spiro atoms. The molecular weight excluding hydrogens is 312 g/mol. The maximum absolute atomic E-state index is 9.41. The molecule has 2 aliphatic rings. The van der Waals surface area contributed by atoms with Crippen LogP contribution in [0.3, 0.4) is 0 Å². The standard InChI is InChI=1S/C20H22N4O/c1-13-20(14(2)25-23-13)18-9-15(10-21)7-8-17(18)19-6-4-3-5-16-11-22-12-24(16)19/h7-8,11-12,18-19H,3-6,9H2,1-2H3. The van der Waals surface area contributed by atoms with E-state index in [-0.39, 0.29) is 12.0 Å². The number of fused-ring (bicyclic) bond motifs is 1. The maximum Gasteiger partial charge on any atom is 0.137 e. The van der Waals surface area contributed by atoms with Crippen LogP contribution in [0.4, 0.5) is 0 Å². The van der Waals surface area contributed by atoms with Crippen molar-refractivity contribution in [3.05, 3.63) is 58.5 Å². The predicted molar refractivity (Wildman–Crippen MR) is 93.9 cm³/mol. The van der Waals surface area contributed by atoms with E-state index in [0.717, 1.165) is 35.4 Å². The Balaban J connectivity index is 1.82. The number of aryl methyl sites for hydroxylation is 3. The summed E-state index contributed by atoms with van der Waals surface area (Å²) < 4.78 is 7.76. The van der Waals surface area contributed by atoms with Crippen LogP contribution >= 0.6 is 0 Å². The molecule has 1 aliphatic carbocycles. The Morgan fingerprint density at radius 3 is 2.92 bits per heavy atom. The number of imidazole rings is 1. The first-order chi connectivity index (χ1) is 12.2. The van der Waals surface area contributed by atoms with Crippen LogP contribution in [0.1, 0.15) is 60.4 Å². The van der Waals surface area contributed by atoms with Crippen LogP contribution in [-0.4, -0.2) is 14.7 Å². The van der Waals surface area contributed by atoms with Gasteiger partial charge in [-0.2, -0.15) is 5.26 Å². The average molecular weight is 334 g/mol. The van der Waals surface area contributed by atoms with Gasteiger partial charge in [0.05, 0.1) is 24.1 Å². The molecule has 25 heavy (non-hydrogen) atoms. The van der Waals surface area contributed by atoms with Crippen molar-refractivity contribution in [1.82, 2.24) is 14.7 Å². The summed E-state index contributed by atoms with van der Waals surface area (Å²) in [5, 5.41) is 13.6. The minimum atomic E-state index is 0.143. The van der Waals surface area contributed by atoms with Crippen molar-refractivity contribution in [2.24, 2.45) is 0 Å². The number of hydrogen-bond acceptors (Lipinski definition) is 4. The largest absolute Gasteiger partial charge is 0.361 e. The monoisotopic (exact) mass is 334 g/mol. The van der Waals surface area contributed by atoms with Gasteiger partial charge in [0.15, 0.2) is 0 Å². The second kappa shape index (κ2) is 6.36. The van der Waals surface area contributed by atoms with E-state index in [4.69, 9.17) is 4.52 Å². The average Bonchev–Trinajstić information content (AvgIpc) is 3.16. The Labute approximate surface area is 147 Å². The third-order valence-corrected chi connectivity index (χ3v) is 5.51. The summed E-state index contributed by atoms with van der Waals surface area (Å²) >= 11 is 0. The zero-order chi connectivity index (χ0) is 17.4. The lowest BCUT2D eigenvalue weighted by Crippen LogP contribution is -2.20. The molecular formula is C20H22N4O. The van der Waals surface area contributed by atoms with Gasteiger partial charge in [-0.25, -0.2) is 4.98 Å². The zero-order valence-corrected chi connectivity index (χ0v) is 14.7. The normalized spacial score (nSPS) is 23.2. The molecule has 0 fully saturated rings. The van der Waals surface area contributed by atoms with Gasteiger partial charge < -0.3 is 9.09 Å². The molecule has 5 nitrogen and oxygen atoms in total. The summed E-state index contributed by atoms with van der Waals surface area (Å²) in [5.41, 5.74) is 5.52. The fourth-order valence-electron chi connectivity index (χ4n) is 4.32. The van der Waals surface area contributed by atoms with Gasteiger partial charge in [0, 0.05) is 28.9 Å². The van der Waals surface area contributed by atoms with Crippen LogP contribution in [0.15, 0.2) is 40.3 Å². The van der Waals surface area contributed by atoms with E-state index in [0.29, 0.717) is 6.42 Å². The van der Waals surface area contributed by atoms with Gasteiger partial charge in [-0.3, -0.25) is 0 Å². The zero-order valence-electron chi connectivity index (χ0n) is 14.7.